The van der Waals surface area contributed by atoms with E-state index in [1.54, 1.807) is 0 Å². The van der Waals surface area contributed by atoms with Crippen LogP contribution in [0.5, 0.6) is 0 Å². The number of carbonyl (C=O) groups is 2. The molecule has 0 saturated carbocycles. The Labute approximate surface area is 83.8 Å². The highest BCUT2D eigenvalue weighted by molar-refractivity contribution is 7.09. The molecule has 0 radical (unpaired) electrons. The summed E-state index contributed by atoms with van der Waals surface area (Å²) < 4.78 is 0. The molecule has 0 bridgehead atoms. The molecule has 0 atom stereocenters. The summed E-state index contributed by atoms with van der Waals surface area (Å²) in [6.07, 6.45) is 0. The number of hydrogen-bond acceptors (Lipinski definition) is 5. The van der Waals surface area contributed by atoms with Gasteiger partial charge in [-0.25, -0.2) is 9.78 Å². The van der Waals surface area contributed by atoms with Crippen LogP contribution in [0.2, 0.25) is 0 Å². The number of nitrogens with two attached hydrogens (primary N) is 1. The van der Waals surface area contributed by atoms with Crippen LogP contribution in [0.4, 0.5) is 0 Å². The van der Waals surface area contributed by atoms with Crippen molar-refractivity contribution in [2.24, 2.45) is 5.73 Å². The van der Waals surface area contributed by atoms with E-state index >= 15 is 0 Å². The lowest BCUT2D eigenvalue weighted by Crippen LogP contribution is -2.29. The Morgan fingerprint density at radius 2 is 2.36 bits per heavy atom. The van der Waals surface area contributed by atoms with Crippen molar-refractivity contribution in [2.75, 3.05) is 6.54 Å². The second-order valence-electron chi connectivity index (χ2n) is 2.41. The molecule has 76 valence electrons. The summed E-state index contributed by atoms with van der Waals surface area (Å²) in [5, 5.41) is 13.0. The first-order valence-electron chi connectivity index (χ1n) is 3.78. The van der Waals surface area contributed by atoms with Crippen LogP contribution in [-0.4, -0.2) is 28.5 Å². The zero-order valence-electron chi connectivity index (χ0n) is 7.19. The van der Waals surface area contributed by atoms with Crippen LogP contribution in [0, 0.1) is 0 Å². The van der Waals surface area contributed by atoms with Gasteiger partial charge in [-0.05, 0) is 0 Å². The smallest absolute Gasteiger partial charge is 0.355 e. The maximum Gasteiger partial charge on any atom is 0.355 e. The number of nitrogens with zero attached hydrogens (tertiary/aromatic N) is 1. The normalized spacial score (nSPS) is 9.79. The lowest BCUT2D eigenvalue weighted by molar-refractivity contribution is -0.119. The maximum atomic E-state index is 10.8. The average Bonchev–Trinajstić information content (AvgIpc) is 2.62. The van der Waals surface area contributed by atoms with Gasteiger partial charge in [0.15, 0.2) is 5.69 Å². The molecule has 7 heteroatoms. The first-order chi connectivity index (χ1) is 6.63. The van der Waals surface area contributed by atoms with Gasteiger partial charge in [0.2, 0.25) is 5.91 Å². The Kier molecular flexibility index (Phi) is 3.55. The molecule has 1 heterocycles. The number of carbonyl (C=O) groups excluding carboxylic acids is 1. The van der Waals surface area contributed by atoms with Gasteiger partial charge in [-0.15, -0.1) is 11.3 Å². The number of hydrogen-bond donors (Lipinski definition) is 3. The summed E-state index contributed by atoms with van der Waals surface area (Å²) in [4.78, 5) is 25.0. The summed E-state index contributed by atoms with van der Waals surface area (Å²) in [5.41, 5.74) is 5.06. The molecule has 1 rings (SSSR count). The van der Waals surface area contributed by atoms with E-state index in [9.17, 15) is 9.59 Å². The molecule has 6 nitrogen and oxygen atoms in total. The third-order valence-corrected chi connectivity index (χ3v) is 2.24. The second kappa shape index (κ2) is 4.68. The Morgan fingerprint density at radius 3 is 2.86 bits per heavy atom. The van der Waals surface area contributed by atoms with Crippen LogP contribution in [0.25, 0.3) is 0 Å². The molecular weight excluding hydrogens is 206 g/mol. The molecule has 0 aliphatic carbocycles. The second-order valence-corrected chi connectivity index (χ2v) is 3.36. The molecule has 0 fully saturated rings. The lowest BCUT2D eigenvalue weighted by atomic mass is 10.5. The number of carboxylic acid groups (broad SMARTS) is 1. The van der Waals surface area contributed by atoms with Crippen molar-refractivity contribution in [3.63, 3.8) is 0 Å². The fourth-order valence-electron chi connectivity index (χ4n) is 0.737. The zero-order valence-corrected chi connectivity index (χ0v) is 8.00. The van der Waals surface area contributed by atoms with E-state index in [-0.39, 0.29) is 24.7 Å². The molecule has 0 saturated heterocycles. The minimum Gasteiger partial charge on any atom is -0.476 e. The van der Waals surface area contributed by atoms with Gasteiger partial charge >= 0.3 is 5.97 Å². The highest BCUT2D eigenvalue weighted by atomic mass is 32.1. The van der Waals surface area contributed by atoms with Crippen LogP contribution in [-0.2, 0) is 11.3 Å². The lowest BCUT2D eigenvalue weighted by Gasteiger charge is -1.98. The summed E-state index contributed by atoms with van der Waals surface area (Å²) in [5.74, 6) is -1.37. The van der Waals surface area contributed by atoms with Crippen molar-refractivity contribution in [1.29, 1.82) is 0 Å². The number of nitrogens with one attached hydrogen (secondary N) is 1. The van der Waals surface area contributed by atoms with Gasteiger partial charge in [0, 0.05) is 5.38 Å². The largest absolute Gasteiger partial charge is 0.476 e. The fraction of sp³-hybridized carbons (Fsp3) is 0.286. The van der Waals surface area contributed by atoms with Gasteiger partial charge < -0.3 is 16.2 Å². The molecule has 0 spiro atoms. The predicted octanol–water partition coefficient (Wildman–Crippen LogP) is -0.584. The summed E-state index contributed by atoms with van der Waals surface area (Å²) >= 11 is 1.18. The predicted molar refractivity (Wildman–Crippen MR) is 50.0 cm³/mol. The van der Waals surface area contributed by atoms with E-state index in [0.717, 1.165) is 0 Å². The topological polar surface area (TPSA) is 105 Å². The molecule has 14 heavy (non-hydrogen) atoms. The molecule has 0 aromatic carbocycles. The van der Waals surface area contributed by atoms with E-state index in [1.165, 1.54) is 16.7 Å². The Bertz CT molecular complexity index is 350. The standard InChI is InChI=1S/C7H9N3O3S/c8-1-5(11)9-2-6-10-4(3-14-6)7(12)13/h3H,1-2,8H2,(H,9,11)(H,12,13). The highest BCUT2D eigenvalue weighted by Gasteiger charge is 2.08. The van der Waals surface area contributed by atoms with Crippen LogP contribution >= 0.6 is 11.3 Å². The van der Waals surface area contributed by atoms with E-state index < -0.39 is 5.97 Å². The van der Waals surface area contributed by atoms with Crippen molar-refractivity contribution in [3.8, 4) is 0 Å². The van der Waals surface area contributed by atoms with Crippen LogP contribution < -0.4 is 11.1 Å². The molecular formula is C7H9N3O3S. The average molecular weight is 215 g/mol. The highest BCUT2D eigenvalue weighted by Crippen LogP contribution is 2.08. The summed E-state index contributed by atoms with van der Waals surface area (Å²) in [6, 6.07) is 0. The Hall–Kier alpha value is -1.47. The number of thiazole rings is 1. The Morgan fingerprint density at radius 1 is 1.64 bits per heavy atom. The molecule has 1 aromatic rings. The number of rotatable bonds is 4. The van der Waals surface area contributed by atoms with Crippen molar-refractivity contribution < 1.29 is 14.7 Å². The summed E-state index contributed by atoms with van der Waals surface area (Å²) in [7, 11) is 0. The molecule has 4 N–H and O–H groups in total. The van der Waals surface area contributed by atoms with Gasteiger partial charge in [-0.2, -0.15) is 0 Å². The van der Waals surface area contributed by atoms with Crippen molar-refractivity contribution in [2.45, 2.75) is 6.54 Å². The molecule has 0 aliphatic rings. The minimum atomic E-state index is -1.07. The van der Waals surface area contributed by atoms with Gasteiger partial charge in [0.1, 0.15) is 5.01 Å². The van der Waals surface area contributed by atoms with Gasteiger partial charge in [-0.3, -0.25) is 4.79 Å². The van der Waals surface area contributed by atoms with E-state index in [0.29, 0.717) is 5.01 Å². The van der Waals surface area contributed by atoms with E-state index in [4.69, 9.17) is 10.8 Å². The Balaban J connectivity index is 2.52. The van der Waals surface area contributed by atoms with Gasteiger partial charge in [0.25, 0.3) is 0 Å². The van der Waals surface area contributed by atoms with Crippen LogP contribution in [0.1, 0.15) is 15.5 Å². The summed E-state index contributed by atoms with van der Waals surface area (Å²) in [6.45, 7) is 0.130. The van der Waals surface area contributed by atoms with Crippen molar-refractivity contribution >= 4 is 23.2 Å². The van der Waals surface area contributed by atoms with E-state index in [1.807, 2.05) is 0 Å². The number of carboxylic acids is 1. The molecule has 0 unspecified atom stereocenters. The van der Waals surface area contributed by atoms with Crippen LogP contribution in [0.15, 0.2) is 5.38 Å². The van der Waals surface area contributed by atoms with Gasteiger partial charge in [-0.1, -0.05) is 0 Å². The third-order valence-electron chi connectivity index (χ3n) is 1.39. The molecule has 1 amide bonds. The maximum absolute atomic E-state index is 10.8. The minimum absolute atomic E-state index is 0.00741. The van der Waals surface area contributed by atoms with Crippen molar-refractivity contribution in [3.05, 3.63) is 16.1 Å². The zero-order chi connectivity index (χ0) is 10.6. The third kappa shape index (κ3) is 2.79. The molecule has 1 aromatic heterocycles. The van der Waals surface area contributed by atoms with Crippen LogP contribution in [0.3, 0.4) is 0 Å². The van der Waals surface area contributed by atoms with Gasteiger partial charge in [0.05, 0.1) is 13.1 Å². The monoisotopic (exact) mass is 215 g/mol. The molecule has 0 aliphatic heterocycles. The number of amides is 1. The number of aromatic carboxylic acids is 1. The van der Waals surface area contributed by atoms with Crippen molar-refractivity contribution in [1.82, 2.24) is 10.3 Å². The quantitative estimate of drug-likeness (QED) is 0.623. The van der Waals surface area contributed by atoms with E-state index in [2.05, 4.69) is 10.3 Å². The fourth-order valence-corrected chi connectivity index (χ4v) is 1.44. The first kappa shape index (κ1) is 10.6. The number of aromatic nitrogens is 1. The SMILES string of the molecule is NCC(=O)NCc1nc(C(=O)O)cs1. The first-order valence-corrected chi connectivity index (χ1v) is 4.66.